The van der Waals surface area contributed by atoms with Gasteiger partial charge in [-0.2, -0.15) is 0 Å². The molecule has 0 aliphatic rings. The van der Waals surface area contributed by atoms with E-state index in [0.29, 0.717) is 36.7 Å². The Hall–Kier alpha value is -2.70. The van der Waals surface area contributed by atoms with Crippen LogP contribution in [-0.2, 0) is 0 Å². The summed E-state index contributed by atoms with van der Waals surface area (Å²) in [6, 6.07) is 13.1. The van der Waals surface area contributed by atoms with Crippen LogP contribution in [0.3, 0.4) is 0 Å². The summed E-state index contributed by atoms with van der Waals surface area (Å²) in [5.74, 6) is 1.29. The highest BCUT2D eigenvalue weighted by atomic mass is 16.3. The van der Waals surface area contributed by atoms with Crippen LogP contribution in [0.25, 0.3) is 22.4 Å². The Labute approximate surface area is 152 Å². The van der Waals surface area contributed by atoms with Gasteiger partial charge in [-0.05, 0) is 38.2 Å². The third kappa shape index (κ3) is 4.09. The zero-order chi connectivity index (χ0) is 18.5. The molecule has 2 N–H and O–H groups in total. The van der Waals surface area contributed by atoms with Crippen molar-refractivity contribution in [2.45, 2.75) is 6.92 Å². The monoisotopic (exact) mass is 353 g/mol. The first-order valence-corrected chi connectivity index (χ1v) is 8.62. The van der Waals surface area contributed by atoms with E-state index in [-0.39, 0.29) is 12.5 Å². The zero-order valence-corrected chi connectivity index (χ0v) is 15.0. The predicted molar refractivity (Wildman–Crippen MR) is 101 cm³/mol. The number of carbonyl (C=O) groups is 1. The van der Waals surface area contributed by atoms with Crippen LogP contribution in [0.4, 0.5) is 0 Å². The number of hydrogen-bond acceptors (Lipinski definition) is 5. The normalized spacial score (nSPS) is 11.2. The molecule has 136 valence electrons. The maximum atomic E-state index is 12.7. The second-order valence-electron chi connectivity index (χ2n) is 6.27. The van der Waals surface area contributed by atoms with E-state index >= 15 is 0 Å². The molecule has 0 aliphatic carbocycles. The van der Waals surface area contributed by atoms with E-state index in [1.165, 1.54) is 0 Å². The summed E-state index contributed by atoms with van der Waals surface area (Å²) in [5, 5.41) is 12.7. The lowest BCUT2D eigenvalue weighted by atomic mass is 10.1. The average Bonchev–Trinajstić information content (AvgIpc) is 3.07. The van der Waals surface area contributed by atoms with Crippen molar-refractivity contribution in [2.24, 2.45) is 0 Å². The molecule has 0 aliphatic heterocycles. The van der Waals surface area contributed by atoms with Gasteiger partial charge in [0.15, 0.2) is 5.76 Å². The minimum atomic E-state index is -0.148. The summed E-state index contributed by atoms with van der Waals surface area (Å²) in [4.78, 5) is 19.3. The van der Waals surface area contributed by atoms with Crippen molar-refractivity contribution in [2.75, 3.05) is 33.3 Å². The Morgan fingerprint density at radius 1 is 1.23 bits per heavy atom. The summed E-state index contributed by atoms with van der Waals surface area (Å²) >= 11 is 0. The van der Waals surface area contributed by atoms with Gasteiger partial charge in [-0.1, -0.05) is 18.2 Å². The lowest BCUT2D eigenvalue weighted by Crippen LogP contribution is -2.34. The molecule has 6 heteroatoms. The summed E-state index contributed by atoms with van der Waals surface area (Å²) < 4.78 is 5.67. The van der Waals surface area contributed by atoms with E-state index in [2.05, 4.69) is 10.3 Å². The van der Waals surface area contributed by atoms with Gasteiger partial charge in [0.2, 0.25) is 0 Å². The molecule has 0 saturated heterocycles. The summed E-state index contributed by atoms with van der Waals surface area (Å²) in [6.07, 6.45) is 0. The van der Waals surface area contributed by atoms with E-state index in [9.17, 15) is 4.79 Å². The Balaban J connectivity index is 1.87. The van der Waals surface area contributed by atoms with Gasteiger partial charge in [0.25, 0.3) is 5.91 Å². The number of amides is 1. The van der Waals surface area contributed by atoms with Crippen LogP contribution in [0.15, 0.2) is 46.9 Å². The van der Waals surface area contributed by atoms with Crippen molar-refractivity contribution in [3.63, 3.8) is 0 Å². The molecule has 3 aromatic rings. The fraction of sp³-hybridized carbons (Fsp3) is 0.300. The highest BCUT2D eigenvalue weighted by Crippen LogP contribution is 2.26. The third-order valence-corrected chi connectivity index (χ3v) is 4.21. The molecule has 0 atom stereocenters. The molecule has 0 fully saturated rings. The minimum absolute atomic E-state index is 0.103. The molecule has 2 heterocycles. The summed E-state index contributed by atoms with van der Waals surface area (Å²) in [6.45, 7) is 3.73. The Morgan fingerprint density at radius 3 is 2.77 bits per heavy atom. The van der Waals surface area contributed by atoms with E-state index in [4.69, 9.17) is 9.52 Å². The number of fused-ring (bicyclic) bond motifs is 1. The molecule has 0 unspecified atom stereocenters. The standard InChI is InChI=1S/C20H23N3O3/c1-14-7-8-19(26-14)18-13-16(15-5-3-4-6-17(15)22-18)20(25)21-9-10-23(2)11-12-24/h3-8,13,24H,9-12H2,1-2H3,(H,21,25). The average molecular weight is 353 g/mol. The van der Waals surface area contributed by atoms with Crippen LogP contribution in [0.5, 0.6) is 0 Å². The number of furan rings is 1. The van der Waals surface area contributed by atoms with Gasteiger partial charge in [-0.25, -0.2) is 4.98 Å². The first kappa shape index (κ1) is 18.1. The highest BCUT2D eigenvalue weighted by Gasteiger charge is 2.15. The fourth-order valence-corrected chi connectivity index (χ4v) is 2.80. The van der Waals surface area contributed by atoms with Gasteiger partial charge < -0.3 is 19.7 Å². The van der Waals surface area contributed by atoms with Crippen LogP contribution in [0, 0.1) is 6.92 Å². The van der Waals surface area contributed by atoms with Gasteiger partial charge in [-0.3, -0.25) is 4.79 Å². The minimum Gasteiger partial charge on any atom is -0.460 e. The topological polar surface area (TPSA) is 78.6 Å². The van der Waals surface area contributed by atoms with Gasteiger partial charge in [0.05, 0.1) is 17.7 Å². The molecule has 0 spiro atoms. The van der Waals surface area contributed by atoms with Crippen LogP contribution < -0.4 is 5.32 Å². The van der Waals surface area contributed by atoms with Crippen LogP contribution >= 0.6 is 0 Å². The molecule has 0 saturated carbocycles. The van der Waals surface area contributed by atoms with Gasteiger partial charge in [0.1, 0.15) is 11.5 Å². The highest BCUT2D eigenvalue weighted by molar-refractivity contribution is 6.07. The maximum absolute atomic E-state index is 12.7. The van der Waals surface area contributed by atoms with Crippen molar-refractivity contribution in [1.29, 1.82) is 0 Å². The Kier molecular flexibility index (Phi) is 5.65. The number of aliphatic hydroxyl groups is 1. The number of hydrogen-bond donors (Lipinski definition) is 2. The predicted octanol–water partition coefficient (Wildman–Crippen LogP) is 2.46. The summed E-state index contributed by atoms with van der Waals surface area (Å²) in [7, 11) is 1.90. The fourth-order valence-electron chi connectivity index (χ4n) is 2.80. The largest absolute Gasteiger partial charge is 0.460 e. The van der Waals surface area contributed by atoms with E-state index in [0.717, 1.165) is 16.7 Å². The molecule has 0 radical (unpaired) electrons. The molecule has 1 aromatic carbocycles. The second kappa shape index (κ2) is 8.12. The van der Waals surface area contributed by atoms with Crippen molar-refractivity contribution < 1.29 is 14.3 Å². The first-order valence-electron chi connectivity index (χ1n) is 8.62. The van der Waals surface area contributed by atoms with Crippen LogP contribution in [-0.4, -0.2) is 54.2 Å². The molecule has 1 amide bonds. The lowest BCUT2D eigenvalue weighted by Gasteiger charge is -2.15. The van der Waals surface area contributed by atoms with Crippen LogP contribution in [0.2, 0.25) is 0 Å². The van der Waals surface area contributed by atoms with Crippen LogP contribution in [0.1, 0.15) is 16.1 Å². The molecule has 6 nitrogen and oxygen atoms in total. The molecule has 2 aromatic heterocycles. The maximum Gasteiger partial charge on any atom is 0.252 e. The smallest absolute Gasteiger partial charge is 0.252 e. The number of aliphatic hydroxyl groups excluding tert-OH is 1. The molecule has 26 heavy (non-hydrogen) atoms. The molecular formula is C20H23N3O3. The van der Waals surface area contributed by atoms with Crippen molar-refractivity contribution >= 4 is 16.8 Å². The Bertz CT molecular complexity index is 904. The van der Waals surface area contributed by atoms with E-state index < -0.39 is 0 Å². The van der Waals surface area contributed by atoms with Crippen molar-refractivity contribution in [3.05, 3.63) is 53.8 Å². The van der Waals surface area contributed by atoms with Gasteiger partial charge >= 0.3 is 0 Å². The van der Waals surface area contributed by atoms with E-state index in [1.54, 1.807) is 6.07 Å². The SMILES string of the molecule is Cc1ccc(-c2cc(C(=O)NCCN(C)CCO)c3ccccc3n2)o1. The van der Waals surface area contributed by atoms with Crippen molar-refractivity contribution in [3.8, 4) is 11.5 Å². The first-order chi connectivity index (χ1) is 12.6. The quantitative estimate of drug-likeness (QED) is 0.682. The number of pyridine rings is 1. The number of carbonyl (C=O) groups excluding carboxylic acids is 1. The number of aryl methyl sites for hydroxylation is 1. The molecule has 0 bridgehead atoms. The van der Waals surface area contributed by atoms with Crippen molar-refractivity contribution in [1.82, 2.24) is 15.2 Å². The Morgan fingerprint density at radius 2 is 2.04 bits per heavy atom. The second-order valence-corrected chi connectivity index (χ2v) is 6.27. The number of aromatic nitrogens is 1. The zero-order valence-electron chi connectivity index (χ0n) is 15.0. The third-order valence-electron chi connectivity index (χ3n) is 4.21. The number of nitrogens with zero attached hydrogens (tertiary/aromatic N) is 2. The van der Waals surface area contributed by atoms with Gasteiger partial charge in [0, 0.05) is 25.0 Å². The number of likely N-dealkylation sites (N-methyl/N-ethyl adjacent to an activating group) is 1. The lowest BCUT2D eigenvalue weighted by molar-refractivity contribution is 0.0950. The molecule has 3 rings (SSSR count). The van der Waals surface area contributed by atoms with E-state index in [1.807, 2.05) is 55.3 Å². The summed E-state index contributed by atoms with van der Waals surface area (Å²) in [5.41, 5.74) is 1.96. The number of nitrogens with one attached hydrogen (secondary N) is 1. The number of benzene rings is 1. The molecular weight excluding hydrogens is 330 g/mol. The van der Waals surface area contributed by atoms with Gasteiger partial charge in [-0.15, -0.1) is 0 Å². The number of rotatable bonds is 7. The number of para-hydroxylation sites is 1.